The van der Waals surface area contributed by atoms with Crippen LogP contribution in [0.25, 0.3) is 0 Å². The number of halogens is 1. The van der Waals surface area contributed by atoms with Gasteiger partial charge in [0, 0.05) is 18.2 Å². The van der Waals surface area contributed by atoms with Gasteiger partial charge in [0.15, 0.2) is 0 Å². The highest BCUT2D eigenvalue weighted by atomic mass is 32.1. The van der Waals surface area contributed by atoms with Crippen molar-refractivity contribution in [2.75, 3.05) is 11.4 Å². The van der Waals surface area contributed by atoms with Crippen LogP contribution in [0.4, 0.5) is 10.1 Å². The summed E-state index contributed by atoms with van der Waals surface area (Å²) in [5, 5.41) is 8.81. The number of thiol groups is 1. The number of rotatable bonds is 1. The molecule has 1 atom stereocenters. The van der Waals surface area contributed by atoms with Crippen molar-refractivity contribution in [1.29, 1.82) is 5.26 Å². The molecule has 0 spiro atoms. The number of carbonyl (C=O) groups is 1. The van der Waals surface area contributed by atoms with E-state index in [0.717, 1.165) is 0 Å². The van der Waals surface area contributed by atoms with Gasteiger partial charge in [-0.25, -0.2) is 4.39 Å². The number of anilines is 1. The molecule has 1 aliphatic heterocycles. The fourth-order valence-corrected chi connectivity index (χ4v) is 2.09. The number of hydrogen-bond donors (Lipinski definition) is 1. The first-order valence-corrected chi connectivity index (χ1v) is 5.32. The average Bonchev–Trinajstić information content (AvgIpc) is 2.57. The van der Waals surface area contributed by atoms with Crippen LogP contribution >= 0.6 is 12.6 Å². The highest BCUT2D eigenvalue weighted by Gasteiger charge is 2.30. The molecule has 16 heavy (non-hydrogen) atoms. The molecule has 1 unspecified atom stereocenters. The minimum absolute atomic E-state index is 0.0534. The van der Waals surface area contributed by atoms with Crippen LogP contribution < -0.4 is 4.90 Å². The molecular weight excluding hydrogens is 227 g/mol. The van der Waals surface area contributed by atoms with Crippen molar-refractivity contribution in [1.82, 2.24) is 0 Å². The molecule has 0 radical (unpaired) electrons. The Morgan fingerprint density at radius 3 is 2.88 bits per heavy atom. The molecule has 1 saturated heterocycles. The maximum Gasteiger partial charge on any atom is 0.228 e. The highest BCUT2D eigenvalue weighted by Crippen LogP contribution is 2.28. The highest BCUT2D eigenvalue weighted by molar-refractivity contribution is 7.81. The first kappa shape index (κ1) is 11.0. The van der Waals surface area contributed by atoms with Crippen LogP contribution in [0.3, 0.4) is 0 Å². The van der Waals surface area contributed by atoms with Crippen LogP contribution in [-0.2, 0) is 4.79 Å². The van der Waals surface area contributed by atoms with Gasteiger partial charge in [-0.15, -0.1) is 0 Å². The van der Waals surface area contributed by atoms with Crippen LogP contribution in [0, 0.1) is 17.1 Å². The summed E-state index contributed by atoms with van der Waals surface area (Å²) in [5.74, 6) is -0.725. The molecule has 1 amide bonds. The van der Waals surface area contributed by atoms with E-state index in [2.05, 4.69) is 12.6 Å². The Labute approximate surface area is 97.9 Å². The Morgan fingerprint density at radius 2 is 2.31 bits per heavy atom. The van der Waals surface area contributed by atoms with Gasteiger partial charge in [0.25, 0.3) is 0 Å². The maximum absolute atomic E-state index is 13.3. The van der Waals surface area contributed by atoms with Crippen molar-refractivity contribution in [3.05, 3.63) is 29.6 Å². The molecule has 2 rings (SSSR count). The van der Waals surface area contributed by atoms with E-state index in [4.69, 9.17) is 5.26 Å². The molecule has 0 aromatic heterocycles. The fourth-order valence-electron chi connectivity index (χ4n) is 1.77. The van der Waals surface area contributed by atoms with E-state index in [1.165, 1.54) is 17.0 Å². The van der Waals surface area contributed by atoms with Gasteiger partial charge in [-0.3, -0.25) is 4.79 Å². The predicted octanol–water partition coefficient (Wildman–Crippen LogP) is 1.73. The second kappa shape index (κ2) is 4.14. The lowest BCUT2D eigenvalue weighted by Gasteiger charge is -2.17. The molecule has 0 bridgehead atoms. The van der Waals surface area contributed by atoms with Gasteiger partial charge in [-0.2, -0.15) is 17.9 Å². The van der Waals surface area contributed by atoms with Crippen LogP contribution in [0.5, 0.6) is 0 Å². The largest absolute Gasteiger partial charge is 0.310 e. The summed E-state index contributed by atoms with van der Waals surface area (Å²) in [5.41, 5.74) is 0.252. The van der Waals surface area contributed by atoms with E-state index in [1.54, 1.807) is 12.1 Å². The topological polar surface area (TPSA) is 44.1 Å². The minimum atomic E-state index is -0.601. The summed E-state index contributed by atoms with van der Waals surface area (Å²) in [6.45, 7) is 0.417. The number of amides is 1. The van der Waals surface area contributed by atoms with Gasteiger partial charge >= 0.3 is 0 Å². The SMILES string of the molecule is N#Cc1c(F)cccc1N1CC(S)CC1=O. The van der Waals surface area contributed by atoms with E-state index in [1.807, 2.05) is 0 Å². The van der Waals surface area contributed by atoms with E-state index < -0.39 is 5.82 Å². The molecule has 0 N–H and O–H groups in total. The molecule has 3 nitrogen and oxygen atoms in total. The smallest absolute Gasteiger partial charge is 0.228 e. The molecule has 0 aliphatic carbocycles. The molecule has 5 heteroatoms. The molecule has 1 aromatic rings. The maximum atomic E-state index is 13.3. The zero-order chi connectivity index (χ0) is 11.7. The number of carbonyl (C=O) groups excluding carboxylic acids is 1. The summed E-state index contributed by atoms with van der Waals surface area (Å²) in [6.07, 6.45) is 0.324. The van der Waals surface area contributed by atoms with Gasteiger partial charge in [0.05, 0.1) is 5.69 Å². The lowest BCUT2D eigenvalue weighted by Crippen LogP contribution is -2.25. The zero-order valence-corrected chi connectivity index (χ0v) is 9.25. The summed E-state index contributed by atoms with van der Waals surface area (Å²) in [6, 6.07) is 6.06. The van der Waals surface area contributed by atoms with Crippen molar-refractivity contribution in [3.63, 3.8) is 0 Å². The Bertz CT molecular complexity index is 483. The van der Waals surface area contributed by atoms with Crippen LogP contribution in [-0.4, -0.2) is 17.7 Å². The Morgan fingerprint density at radius 1 is 1.56 bits per heavy atom. The Balaban J connectivity index is 2.45. The van der Waals surface area contributed by atoms with Gasteiger partial charge in [-0.1, -0.05) is 6.07 Å². The van der Waals surface area contributed by atoms with Crippen molar-refractivity contribution in [2.24, 2.45) is 0 Å². The van der Waals surface area contributed by atoms with Gasteiger partial charge in [0.1, 0.15) is 17.4 Å². The van der Waals surface area contributed by atoms with Crippen molar-refractivity contribution >= 4 is 24.2 Å². The molecule has 1 heterocycles. The van der Waals surface area contributed by atoms with Gasteiger partial charge in [0.2, 0.25) is 5.91 Å². The van der Waals surface area contributed by atoms with Crippen molar-refractivity contribution < 1.29 is 9.18 Å². The third kappa shape index (κ3) is 1.76. The monoisotopic (exact) mass is 236 g/mol. The summed E-state index contributed by atoms with van der Waals surface area (Å²) >= 11 is 4.21. The minimum Gasteiger partial charge on any atom is -0.310 e. The van der Waals surface area contributed by atoms with E-state index in [9.17, 15) is 9.18 Å². The quantitative estimate of drug-likeness (QED) is 0.755. The number of nitrogens with zero attached hydrogens (tertiary/aromatic N) is 2. The molecule has 1 fully saturated rings. The molecular formula is C11H9FN2OS. The van der Waals surface area contributed by atoms with E-state index in [0.29, 0.717) is 18.7 Å². The fraction of sp³-hybridized carbons (Fsp3) is 0.273. The van der Waals surface area contributed by atoms with E-state index >= 15 is 0 Å². The third-order valence-corrected chi connectivity index (χ3v) is 2.84. The Hall–Kier alpha value is -1.54. The molecule has 1 aromatic carbocycles. The van der Waals surface area contributed by atoms with E-state index in [-0.39, 0.29) is 16.7 Å². The van der Waals surface area contributed by atoms with Crippen LogP contribution in [0.1, 0.15) is 12.0 Å². The summed E-state index contributed by atoms with van der Waals surface area (Å²) < 4.78 is 13.3. The molecule has 82 valence electrons. The second-order valence-corrected chi connectivity index (χ2v) is 4.34. The Kier molecular flexibility index (Phi) is 2.84. The lowest BCUT2D eigenvalue weighted by molar-refractivity contribution is -0.117. The number of benzene rings is 1. The molecule has 1 aliphatic rings. The first-order valence-electron chi connectivity index (χ1n) is 4.80. The second-order valence-electron chi connectivity index (χ2n) is 3.61. The normalized spacial score (nSPS) is 19.9. The van der Waals surface area contributed by atoms with Gasteiger partial charge < -0.3 is 4.90 Å². The first-order chi connectivity index (χ1) is 7.63. The number of nitriles is 1. The van der Waals surface area contributed by atoms with Gasteiger partial charge in [-0.05, 0) is 12.1 Å². The zero-order valence-electron chi connectivity index (χ0n) is 8.35. The summed E-state index contributed by atoms with van der Waals surface area (Å²) in [4.78, 5) is 13.0. The van der Waals surface area contributed by atoms with Crippen LogP contribution in [0.15, 0.2) is 18.2 Å². The standard InChI is InChI=1S/C11H9FN2OS/c12-9-2-1-3-10(8(9)5-13)14-6-7(16)4-11(14)15/h1-3,7,16H,4,6H2. The third-order valence-electron chi connectivity index (χ3n) is 2.50. The predicted molar refractivity (Wildman–Crippen MR) is 60.9 cm³/mol. The number of hydrogen-bond acceptors (Lipinski definition) is 3. The van der Waals surface area contributed by atoms with Crippen molar-refractivity contribution in [2.45, 2.75) is 11.7 Å². The summed E-state index contributed by atoms with van der Waals surface area (Å²) in [7, 11) is 0. The molecule has 0 saturated carbocycles. The lowest BCUT2D eigenvalue weighted by atomic mass is 10.1. The average molecular weight is 236 g/mol. The van der Waals surface area contributed by atoms with Crippen molar-refractivity contribution in [3.8, 4) is 6.07 Å². The van der Waals surface area contributed by atoms with Crippen LogP contribution in [0.2, 0.25) is 0 Å².